The molecule has 3 aliphatic heterocycles. The third kappa shape index (κ3) is 5.65. The van der Waals surface area contributed by atoms with Gasteiger partial charge in [0.05, 0.1) is 31.2 Å². The van der Waals surface area contributed by atoms with Crippen molar-refractivity contribution in [3.8, 4) is 0 Å². The number of aliphatic hydroxyl groups excluding tert-OH is 2. The van der Waals surface area contributed by atoms with E-state index in [-0.39, 0.29) is 43.1 Å². The summed E-state index contributed by atoms with van der Waals surface area (Å²) in [5.74, 6) is 0.217. The van der Waals surface area contributed by atoms with Gasteiger partial charge in [-0.05, 0) is 73.4 Å². The van der Waals surface area contributed by atoms with Gasteiger partial charge in [-0.1, -0.05) is 42.8 Å². The summed E-state index contributed by atoms with van der Waals surface area (Å²) in [6.07, 6.45) is 6.26. The maximum absolute atomic E-state index is 13.9. The molecule has 4 aliphatic rings. The molecule has 2 N–H and O–H groups in total. The molecule has 4 atom stereocenters. The minimum absolute atomic E-state index is 0.0399. The molecule has 8 heteroatoms. The number of piperidine rings is 1. The first-order valence-electron chi connectivity index (χ1n) is 15.5. The van der Waals surface area contributed by atoms with Crippen LogP contribution in [0.5, 0.6) is 0 Å². The number of amides is 2. The van der Waals surface area contributed by atoms with E-state index in [1.54, 1.807) is 11.0 Å². The quantitative estimate of drug-likeness (QED) is 0.322. The first-order valence-corrected chi connectivity index (χ1v) is 15.5. The second-order valence-electron chi connectivity index (χ2n) is 12.2. The molecule has 0 bridgehead atoms. The van der Waals surface area contributed by atoms with Gasteiger partial charge in [0.15, 0.2) is 0 Å². The minimum Gasteiger partial charge on any atom is -0.459 e. The summed E-state index contributed by atoms with van der Waals surface area (Å²) in [5.41, 5.74) is 4.41. The highest BCUT2D eigenvalue weighted by atomic mass is 16.5. The van der Waals surface area contributed by atoms with E-state index in [1.165, 1.54) is 11.1 Å². The molecule has 1 aliphatic carbocycles. The van der Waals surface area contributed by atoms with Gasteiger partial charge in [0, 0.05) is 31.6 Å². The SMILES string of the molecule is CC/C(=C\c1ccc(CO)o1)CC[C@H]1OC[C@H]2C1=C(CO)C[C@H]1C(=O)N(C3CCN(Cc4ccccc4)CC3)C(=O)[C@H]12. The fraction of sp³-hybridized carbons (Fsp3) is 0.529. The van der Waals surface area contributed by atoms with E-state index in [2.05, 4.69) is 36.1 Å². The van der Waals surface area contributed by atoms with Crippen molar-refractivity contribution in [2.24, 2.45) is 17.8 Å². The molecular formula is C34H42N2O6. The molecule has 0 unspecified atom stereocenters. The smallest absolute Gasteiger partial charge is 0.234 e. The van der Waals surface area contributed by atoms with Crippen molar-refractivity contribution >= 4 is 17.9 Å². The number of benzene rings is 1. The zero-order valence-electron chi connectivity index (χ0n) is 24.4. The van der Waals surface area contributed by atoms with Crippen molar-refractivity contribution in [1.82, 2.24) is 9.80 Å². The zero-order chi connectivity index (χ0) is 29.2. The minimum atomic E-state index is -0.399. The lowest BCUT2D eigenvalue weighted by Gasteiger charge is -2.36. The summed E-state index contributed by atoms with van der Waals surface area (Å²) in [6, 6.07) is 14.0. The van der Waals surface area contributed by atoms with Gasteiger partial charge in [-0.3, -0.25) is 19.4 Å². The molecule has 0 radical (unpaired) electrons. The van der Waals surface area contributed by atoms with E-state index in [0.29, 0.717) is 18.8 Å². The molecule has 0 spiro atoms. The molecule has 2 aromatic rings. The van der Waals surface area contributed by atoms with Crippen LogP contribution >= 0.6 is 0 Å². The van der Waals surface area contributed by atoms with Crippen LogP contribution in [0.2, 0.25) is 0 Å². The van der Waals surface area contributed by atoms with Gasteiger partial charge in [0.25, 0.3) is 0 Å². The number of fused-ring (bicyclic) bond motifs is 3. The van der Waals surface area contributed by atoms with Crippen molar-refractivity contribution in [3.63, 3.8) is 0 Å². The van der Waals surface area contributed by atoms with Gasteiger partial charge < -0.3 is 19.4 Å². The first-order chi connectivity index (χ1) is 20.5. The number of imide groups is 1. The Bertz CT molecular complexity index is 1340. The second-order valence-corrected chi connectivity index (χ2v) is 12.2. The molecule has 4 heterocycles. The second kappa shape index (κ2) is 12.7. The van der Waals surface area contributed by atoms with Crippen LogP contribution in [-0.4, -0.2) is 70.3 Å². The Hall–Kier alpha value is -3.04. The summed E-state index contributed by atoms with van der Waals surface area (Å²) < 4.78 is 11.9. The highest BCUT2D eigenvalue weighted by Crippen LogP contribution is 2.50. The maximum atomic E-state index is 13.9. The standard InChI is InChI=1S/C34H42N2O6/c1-2-22(16-26-9-10-27(20-38)42-26)8-11-30-31-24(19-37)17-28-32(29(31)21-41-30)34(40)36(33(28)39)25-12-14-35(15-13-25)18-23-6-4-3-5-7-23/h3-7,9-10,16,25,28-30,32,37-38H,2,8,11-15,17-21H2,1H3/b22-16+/t28-,29+,30-,32-/m1/s1. The Morgan fingerprint density at radius 3 is 2.48 bits per heavy atom. The van der Waals surface area contributed by atoms with E-state index in [4.69, 9.17) is 9.15 Å². The van der Waals surface area contributed by atoms with Crippen LogP contribution in [0.4, 0.5) is 0 Å². The van der Waals surface area contributed by atoms with Crippen molar-refractivity contribution in [2.75, 3.05) is 26.3 Å². The van der Waals surface area contributed by atoms with Gasteiger partial charge in [-0.15, -0.1) is 0 Å². The van der Waals surface area contributed by atoms with Gasteiger partial charge in [-0.25, -0.2) is 0 Å². The molecular weight excluding hydrogens is 532 g/mol. The molecule has 2 amide bonds. The maximum Gasteiger partial charge on any atom is 0.234 e. The Morgan fingerprint density at radius 2 is 1.79 bits per heavy atom. The van der Waals surface area contributed by atoms with Crippen LogP contribution in [0.15, 0.2) is 63.6 Å². The number of aliphatic hydroxyl groups is 2. The van der Waals surface area contributed by atoms with Crippen LogP contribution in [0.3, 0.4) is 0 Å². The number of ether oxygens (including phenoxy) is 1. The lowest BCUT2D eigenvalue weighted by atomic mass is 9.69. The van der Waals surface area contributed by atoms with Crippen LogP contribution < -0.4 is 0 Å². The highest BCUT2D eigenvalue weighted by molar-refractivity contribution is 6.06. The molecule has 0 saturated carbocycles. The van der Waals surface area contributed by atoms with Crippen LogP contribution in [0, 0.1) is 17.8 Å². The fourth-order valence-corrected chi connectivity index (χ4v) is 7.61. The van der Waals surface area contributed by atoms with Crippen LogP contribution in [0.25, 0.3) is 6.08 Å². The van der Waals surface area contributed by atoms with E-state index < -0.39 is 11.8 Å². The lowest BCUT2D eigenvalue weighted by Crippen LogP contribution is -2.47. The number of allylic oxidation sites excluding steroid dienone is 1. The largest absolute Gasteiger partial charge is 0.459 e. The van der Waals surface area contributed by atoms with E-state index in [9.17, 15) is 19.8 Å². The number of hydrogen-bond acceptors (Lipinski definition) is 7. The number of carbonyl (C=O) groups excluding carboxylic acids is 2. The molecule has 6 rings (SSSR count). The predicted molar refractivity (Wildman–Crippen MR) is 158 cm³/mol. The first kappa shape index (κ1) is 29.1. The predicted octanol–water partition coefficient (Wildman–Crippen LogP) is 4.32. The molecule has 42 heavy (non-hydrogen) atoms. The monoisotopic (exact) mass is 574 g/mol. The van der Waals surface area contributed by atoms with Gasteiger partial charge >= 0.3 is 0 Å². The number of nitrogens with zero attached hydrogens (tertiary/aromatic N) is 2. The lowest BCUT2D eigenvalue weighted by molar-refractivity contribution is -0.144. The number of rotatable bonds is 10. The Labute approximate surface area is 247 Å². The van der Waals surface area contributed by atoms with Gasteiger partial charge in [0.2, 0.25) is 11.8 Å². The van der Waals surface area contributed by atoms with Gasteiger partial charge in [-0.2, -0.15) is 0 Å². The topological polar surface area (TPSA) is 103 Å². The summed E-state index contributed by atoms with van der Waals surface area (Å²) >= 11 is 0. The van der Waals surface area contributed by atoms with Gasteiger partial charge in [0.1, 0.15) is 18.1 Å². The number of hydrogen-bond donors (Lipinski definition) is 2. The van der Waals surface area contributed by atoms with Crippen LogP contribution in [-0.2, 0) is 27.5 Å². The third-order valence-electron chi connectivity index (χ3n) is 9.77. The zero-order valence-corrected chi connectivity index (χ0v) is 24.4. The van der Waals surface area contributed by atoms with Crippen molar-refractivity contribution in [3.05, 3.63) is 76.3 Å². The van der Waals surface area contributed by atoms with Crippen molar-refractivity contribution in [1.29, 1.82) is 0 Å². The summed E-state index contributed by atoms with van der Waals surface area (Å²) in [6.45, 7) is 4.88. The Balaban J connectivity index is 1.12. The van der Waals surface area contributed by atoms with Crippen molar-refractivity contribution < 1.29 is 29.0 Å². The van der Waals surface area contributed by atoms with E-state index in [0.717, 1.165) is 68.6 Å². The molecule has 1 aromatic carbocycles. The fourth-order valence-electron chi connectivity index (χ4n) is 7.61. The highest BCUT2D eigenvalue weighted by Gasteiger charge is 2.58. The third-order valence-corrected chi connectivity index (χ3v) is 9.77. The molecule has 3 fully saturated rings. The Morgan fingerprint density at radius 1 is 1.00 bits per heavy atom. The Kier molecular flexibility index (Phi) is 8.77. The number of carbonyl (C=O) groups is 2. The van der Waals surface area contributed by atoms with E-state index >= 15 is 0 Å². The molecule has 3 saturated heterocycles. The summed E-state index contributed by atoms with van der Waals surface area (Å²) in [7, 11) is 0. The van der Waals surface area contributed by atoms with Crippen molar-refractivity contribution in [2.45, 2.75) is 70.7 Å². The van der Waals surface area contributed by atoms with E-state index in [1.807, 2.05) is 18.2 Å². The average Bonchev–Trinajstić information content (AvgIpc) is 3.72. The summed E-state index contributed by atoms with van der Waals surface area (Å²) in [5, 5.41) is 19.7. The molecule has 224 valence electrons. The average molecular weight is 575 g/mol. The molecule has 8 nitrogen and oxygen atoms in total. The normalized spacial score (nSPS) is 27.2. The van der Waals surface area contributed by atoms with Crippen LogP contribution in [0.1, 0.15) is 62.5 Å². The number of likely N-dealkylation sites (tertiary alicyclic amines) is 2. The number of furan rings is 1. The molecule has 1 aromatic heterocycles. The summed E-state index contributed by atoms with van der Waals surface area (Å²) in [4.78, 5) is 31.6.